The lowest BCUT2D eigenvalue weighted by Crippen LogP contribution is -2.26. The number of thiazole rings is 1. The Bertz CT molecular complexity index is 1620. The quantitative estimate of drug-likeness (QED) is 0.209. The van der Waals surface area contributed by atoms with Crippen LogP contribution in [0.15, 0.2) is 78.3 Å². The molecule has 11 heteroatoms. The summed E-state index contributed by atoms with van der Waals surface area (Å²) in [5.74, 6) is 0.968. The van der Waals surface area contributed by atoms with Crippen LogP contribution in [0.2, 0.25) is 0 Å². The standard InChI is InChI=1S/C27H21N9S2/c1-18-22(17-29)26(38-34-18)35(2)33-24-19(16-28)15-23(32-25(24)31-20-9-5-3-6-10-20)36(27-30-13-14-37-27)21-11-7-4-8-12-21/h3-15,33H,1-2H3,(H,31,32). The molecule has 0 aliphatic rings. The summed E-state index contributed by atoms with van der Waals surface area (Å²) in [4.78, 5) is 11.4. The number of rotatable bonds is 8. The zero-order valence-electron chi connectivity index (χ0n) is 20.5. The van der Waals surface area contributed by atoms with Crippen molar-refractivity contribution in [1.82, 2.24) is 14.3 Å². The molecule has 5 rings (SSSR count). The minimum Gasteiger partial charge on any atom is -0.338 e. The number of aryl methyl sites for hydroxylation is 1. The molecule has 9 nitrogen and oxygen atoms in total. The predicted octanol–water partition coefficient (Wildman–Crippen LogP) is 6.72. The maximum atomic E-state index is 10.2. The van der Waals surface area contributed by atoms with Gasteiger partial charge < -0.3 is 5.32 Å². The minimum atomic E-state index is 0.359. The Labute approximate surface area is 228 Å². The smallest absolute Gasteiger partial charge is 0.195 e. The van der Waals surface area contributed by atoms with Gasteiger partial charge in [0.15, 0.2) is 10.9 Å². The molecule has 0 aliphatic carbocycles. The van der Waals surface area contributed by atoms with Crippen molar-refractivity contribution >= 4 is 61.7 Å². The normalized spacial score (nSPS) is 10.3. The van der Waals surface area contributed by atoms with Crippen molar-refractivity contribution in [3.8, 4) is 12.1 Å². The van der Waals surface area contributed by atoms with Gasteiger partial charge in [0.2, 0.25) is 0 Å². The fraction of sp³-hybridized carbons (Fsp3) is 0.0741. The monoisotopic (exact) mass is 535 g/mol. The maximum absolute atomic E-state index is 10.2. The highest BCUT2D eigenvalue weighted by Crippen LogP contribution is 2.39. The average Bonchev–Trinajstić information content (AvgIpc) is 3.61. The van der Waals surface area contributed by atoms with E-state index >= 15 is 0 Å². The van der Waals surface area contributed by atoms with Crippen LogP contribution in [-0.4, -0.2) is 21.4 Å². The van der Waals surface area contributed by atoms with Crippen LogP contribution in [-0.2, 0) is 0 Å². The average molecular weight is 536 g/mol. The van der Waals surface area contributed by atoms with Gasteiger partial charge in [-0.05, 0) is 42.7 Å². The van der Waals surface area contributed by atoms with Crippen LogP contribution >= 0.6 is 22.9 Å². The van der Waals surface area contributed by atoms with Crippen molar-refractivity contribution in [1.29, 1.82) is 10.5 Å². The third kappa shape index (κ3) is 4.97. The predicted molar refractivity (Wildman–Crippen MR) is 153 cm³/mol. The molecule has 0 atom stereocenters. The number of nitrogens with one attached hydrogen (secondary N) is 2. The second-order valence-electron chi connectivity index (χ2n) is 8.07. The van der Waals surface area contributed by atoms with E-state index in [9.17, 15) is 10.5 Å². The molecule has 0 bridgehead atoms. The number of aromatic nitrogens is 3. The Kier molecular flexibility index (Phi) is 7.13. The van der Waals surface area contributed by atoms with Crippen LogP contribution in [0.5, 0.6) is 0 Å². The van der Waals surface area contributed by atoms with E-state index in [0.29, 0.717) is 39.1 Å². The first-order valence-electron chi connectivity index (χ1n) is 11.5. The summed E-state index contributed by atoms with van der Waals surface area (Å²) in [5.41, 5.74) is 6.89. The Morgan fingerprint density at radius 1 is 0.974 bits per heavy atom. The number of para-hydroxylation sites is 2. The molecule has 2 aromatic carbocycles. The van der Waals surface area contributed by atoms with E-state index in [0.717, 1.165) is 16.5 Å². The van der Waals surface area contributed by atoms with Crippen molar-refractivity contribution in [2.75, 3.05) is 27.7 Å². The summed E-state index contributed by atoms with van der Waals surface area (Å²) in [7, 11) is 1.78. The SMILES string of the molecule is Cc1nsc(N(C)Nc2c(C#N)cc(N(c3ccccc3)c3nccs3)nc2Nc2ccccc2)c1C#N. The van der Waals surface area contributed by atoms with Gasteiger partial charge in [-0.2, -0.15) is 14.9 Å². The molecule has 5 aromatic rings. The van der Waals surface area contributed by atoms with Crippen LogP contribution in [0.1, 0.15) is 16.8 Å². The van der Waals surface area contributed by atoms with Crippen molar-refractivity contribution in [3.05, 3.63) is 95.1 Å². The van der Waals surface area contributed by atoms with Gasteiger partial charge in [-0.1, -0.05) is 36.4 Å². The molecule has 186 valence electrons. The molecular weight excluding hydrogens is 514 g/mol. The van der Waals surface area contributed by atoms with Crippen LogP contribution in [0.25, 0.3) is 0 Å². The summed E-state index contributed by atoms with van der Waals surface area (Å²) in [6.07, 6.45) is 1.74. The number of nitrogens with zero attached hydrogens (tertiary/aromatic N) is 7. The highest BCUT2D eigenvalue weighted by atomic mass is 32.1. The third-order valence-corrected chi connectivity index (χ3v) is 7.33. The first-order chi connectivity index (χ1) is 18.6. The van der Waals surface area contributed by atoms with E-state index < -0.39 is 0 Å². The minimum absolute atomic E-state index is 0.359. The molecule has 2 N–H and O–H groups in total. The van der Waals surface area contributed by atoms with Crippen molar-refractivity contribution in [2.45, 2.75) is 6.92 Å². The van der Waals surface area contributed by atoms with Gasteiger partial charge in [-0.3, -0.25) is 15.3 Å². The van der Waals surface area contributed by atoms with Crippen molar-refractivity contribution < 1.29 is 0 Å². The van der Waals surface area contributed by atoms with Gasteiger partial charge in [-0.15, -0.1) is 11.3 Å². The maximum Gasteiger partial charge on any atom is 0.195 e. The number of pyridine rings is 1. The topological polar surface area (TPSA) is 117 Å². The van der Waals surface area contributed by atoms with Crippen LogP contribution < -0.4 is 20.7 Å². The number of hydrazine groups is 1. The lowest BCUT2D eigenvalue weighted by atomic mass is 10.2. The lowest BCUT2D eigenvalue weighted by Gasteiger charge is -2.26. The van der Waals surface area contributed by atoms with E-state index in [-0.39, 0.29) is 0 Å². The Morgan fingerprint density at radius 3 is 2.37 bits per heavy atom. The van der Waals surface area contributed by atoms with Gasteiger partial charge in [-0.25, -0.2) is 9.97 Å². The highest BCUT2D eigenvalue weighted by molar-refractivity contribution is 7.13. The molecule has 0 saturated heterocycles. The number of anilines is 7. The van der Waals surface area contributed by atoms with Crippen LogP contribution in [0.4, 0.5) is 38.8 Å². The summed E-state index contributed by atoms with van der Waals surface area (Å²) >= 11 is 2.68. The summed E-state index contributed by atoms with van der Waals surface area (Å²) < 4.78 is 4.31. The van der Waals surface area contributed by atoms with Gasteiger partial charge in [0, 0.05) is 36.1 Å². The molecule has 0 amide bonds. The molecule has 38 heavy (non-hydrogen) atoms. The fourth-order valence-electron chi connectivity index (χ4n) is 3.77. The molecule has 0 radical (unpaired) electrons. The third-order valence-electron chi connectivity index (χ3n) is 5.56. The van der Waals surface area contributed by atoms with E-state index in [2.05, 4.69) is 32.2 Å². The molecule has 0 spiro atoms. The summed E-state index contributed by atoms with van der Waals surface area (Å²) in [6.45, 7) is 1.79. The first-order valence-corrected chi connectivity index (χ1v) is 13.1. The zero-order chi connectivity index (χ0) is 26.5. The van der Waals surface area contributed by atoms with Gasteiger partial charge in [0.25, 0.3) is 0 Å². The molecule has 0 unspecified atom stereocenters. The highest BCUT2D eigenvalue weighted by Gasteiger charge is 2.23. The largest absolute Gasteiger partial charge is 0.338 e. The second kappa shape index (κ2) is 11.0. The number of benzene rings is 2. The zero-order valence-corrected chi connectivity index (χ0v) is 22.1. The van der Waals surface area contributed by atoms with Crippen molar-refractivity contribution in [3.63, 3.8) is 0 Å². The molecule has 0 saturated carbocycles. The summed E-state index contributed by atoms with van der Waals surface area (Å²) in [5, 5.41) is 28.2. The Morgan fingerprint density at radius 2 is 1.71 bits per heavy atom. The molecule has 3 heterocycles. The van der Waals surface area contributed by atoms with E-state index in [1.165, 1.54) is 22.9 Å². The molecule has 3 aromatic heterocycles. The molecular formula is C27H21N9S2. The van der Waals surface area contributed by atoms with Crippen molar-refractivity contribution in [2.24, 2.45) is 0 Å². The van der Waals surface area contributed by atoms with E-state index in [1.54, 1.807) is 31.2 Å². The van der Waals surface area contributed by atoms with Crippen LogP contribution in [0.3, 0.4) is 0 Å². The Balaban J connectivity index is 1.65. The van der Waals surface area contributed by atoms with Crippen LogP contribution in [0, 0.1) is 29.6 Å². The van der Waals surface area contributed by atoms with E-state index in [4.69, 9.17) is 4.98 Å². The fourth-order valence-corrected chi connectivity index (χ4v) is 5.21. The lowest BCUT2D eigenvalue weighted by molar-refractivity contribution is 1.09. The first kappa shape index (κ1) is 24.7. The number of hydrogen-bond donors (Lipinski definition) is 2. The van der Waals surface area contributed by atoms with E-state index in [1.807, 2.05) is 70.9 Å². The Hall–Kier alpha value is -4.97. The molecule has 0 aliphatic heterocycles. The van der Waals surface area contributed by atoms with Gasteiger partial charge in [0.05, 0.1) is 11.3 Å². The van der Waals surface area contributed by atoms with Gasteiger partial charge in [0.1, 0.15) is 34.2 Å². The summed E-state index contributed by atoms with van der Waals surface area (Å²) in [6, 6.07) is 25.6. The molecule has 0 fully saturated rings. The van der Waals surface area contributed by atoms with Gasteiger partial charge >= 0.3 is 0 Å². The second-order valence-corrected chi connectivity index (χ2v) is 9.70. The number of hydrogen-bond acceptors (Lipinski definition) is 11. The number of nitriles is 2.